The topological polar surface area (TPSA) is 76.7 Å². The second-order valence-corrected chi connectivity index (χ2v) is 6.06. The molecule has 0 aliphatic carbocycles. The van der Waals surface area contributed by atoms with Crippen LogP contribution in [0.4, 0.5) is 14.6 Å². The van der Waals surface area contributed by atoms with E-state index in [1.807, 2.05) is 0 Å². The first-order chi connectivity index (χ1) is 13.1. The number of alkyl halides is 2. The van der Waals surface area contributed by atoms with Crippen LogP contribution in [-0.4, -0.2) is 20.1 Å². The van der Waals surface area contributed by atoms with E-state index in [2.05, 4.69) is 25.4 Å². The van der Waals surface area contributed by atoms with Gasteiger partial charge in [-0.05, 0) is 24.3 Å². The summed E-state index contributed by atoms with van der Waals surface area (Å²) in [6.45, 7) is 0.122. The van der Waals surface area contributed by atoms with Gasteiger partial charge in [0.05, 0.1) is 12.1 Å². The summed E-state index contributed by atoms with van der Waals surface area (Å²) in [5, 5.41) is 8.06. The van der Waals surface area contributed by atoms with Crippen LogP contribution in [0, 0.1) is 0 Å². The SMILES string of the molecule is FC(F)c1nc(NCc2nc(-c3cccc(Cl)c3)no2)c2ccccc2n1. The third-order valence-corrected chi connectivity index (χ3v) is 4.01. The van der Waals surface area contributed by atoms with Gasteiger partial charge in [0, 0.05) is 16.0 Å². The molecular weight excluding hydrogens is 376 g/mol. The number of hydrogen-bond acceptors (Lipinski definition) is 6. The predicted octanol–water partition coefficient (Wildman–Crippen LogP) is 4.88. The van der Waals surface area contributed by atoms with Crippen molar-refractivity contribution in [1.29, 1.82) is 0 Å². The molecule has 1 N–H and O–H groups in total. The van der Waals surface area contributed by atoms with Crippen LogP contribution < -0.4 is 5.32 Å². The first-order valence-electron chi connectivity index (χ1n) is 7.97. The van der Waals surface area contributed by atoms with E-state index >= 15 is 0 Å². The summed E-state index contributed by atoms with van der Waals surface area (Å²) in [7, 11) is 0. The van der Waals surface area contributed by atoms with Gasteiger partial charge in [0.1, 0.15) is 5.82 Å². The van der Waals surface area contributed by atoms with Gasteiger partial charge in [0.15, 0.2) is 5.82 Å². The summed E-state index contributed by atoms with van der Waals surface area (Å²) < 4.78 is 31.3. The lowest BCUT2D eigenvalue weighted by molar-refractivity contribution is 0.141. The maximum atomic E-state index is 13.1. The molecule has 136 valence electrons. The average molecular weight is 388 g/mol. The van der Waals surface area contributed by atoms with Crippen molar-refractivity contribution in [2.75, 3.05) is 5.32 Å². The van der Waals surface area contributed by atoms with Crippen molar-refractivity contribution in [3.8, 4) is 11.4 Å². The van der Waals surface area contributed by atoms with Gasteiger partial charge in [-0.15, -0.1) is 0 Å². The van der Waals surface area contributed by atoms with E-state index in [1.165, 1.54) is 0 Å². The highest BCUT2D eigenvalue weighted by Crippen LogP contribution is 2.25. The quantitative estimate of drug-likeness (QED) is 0.525. The molecule has 0 amide bonds. The third-order valence-electron chi connectivity index (χ3n) is 3.77. The van der Waals surface area contributed by atoms with E-state index in [9.17, 15) is 8.78 Å². The molecule has 2 aromatic carbocycles. The normalized spacial score (nSPS) is 11.3. The van der Waals surface area contributed by atoms with Crippen molar-refractivity contribution in [2.24, 2.45) is 0 Å². The Balaban J connectivity index is 1.59. The number of fused-ring (bicyclic) bond motifs is 1. The van der Waals surface area contributed by atoms with Crippen molar-refractivity contribution in [2.45, 2.75) is 13.0 Å². The molecule has 0 saturated carbocycles. The predicted molar refractivity (Wildman–Crippen MR) is 96.6 cm³/mol. The lowest BCUT2D eigenvalue weighted by atomic mass is 10.2. The monoisotopic (exact) mass is 387 g/mol. The Morgan fingerprint density at radius 2 is 1.89 bits per heavy atom. The Bertz CT molecular complexity index is 1100. The Labute approximate surface area is 157 Å². The van der Waals surface area contributed by atoms with E-state index < -0.39 is 12.2 Å². The molecule has 2 heterocycles. The Hall–Kier alpha value is -3.13. The van der Waals surface area contributed by atoms with Crippen LogP contribution >= 0.6 is 11.6 Å². The highest BCUT2D eigenvalue weighted by Gasteiger charge is 2.16. The summed E-state index contributed by atoms with van der Waals surface area (Å²) in [6, 6.07) is 14.0. The third kappa shape index (κ3) is 3.70. The summed E-state index contributed by atoms with van der Waals surface area (Å²) in [4.78, 5) is 12.1. The largest absolute Gasteiger partial charge is 0.360 e. The number of anilines is 1. The van der Waals surface area contributed by atoms with Crippen molar-refractivity contribution in [1.82, 2.24) is 20.1 Å². The zero-order valence-electron chi connectivity index (χ0n) is 13.7. The molecule has 6 nitrogen and oxygen atoms in total. The number of para-hydroxylation sites is 1. The lowest BCUT2D eigenvalue weighted by Crippen LogP contribution is -2.06. The van der Waals surface area contributed by atoms with Gasteiger partial charge in [0.2, 0.25) is 11.7 Å². The molecular formula is C18H12ClF2N5O. The van der Waals surface area contributed by atoms with Gasteiger partial charge in [0.25, 0.3) is 6.43 Å². The van der Waals surface area contributed by atoms with E-state index in [-0.39, 0.29) is 18.3 Å². The fourth-order valence-electron chi connectivity index (χ4n) is 2.56. The van der Waals surface area contributed by atoms with E-state index in [4.69, 9.17) is 16.1 Å². The molecule has 0 aliphatic heterocycles. The van der Waals surface area contributed by atoms with E-state index in [1.54, 1.807) is 48.5 Å². The Morgan fingerprint density at radius 1 is 1.04 bits per heavy atom. The van der Waals surface area contributed by atoms with Gasteiger partial charge in [-0.3, -0.25) is 0 Å². The summed E-state index contributed by atoms with van der Waals surface area (Å²) in [5.41, 5.74) is 1.14. The molecule has 0 radical (unpaired) electrons. The standard InChI is InChI=1S/C18H12ClF2N5O/c19-11-5-3-4-10(8-11)16-24-14(27-26-16)9-22-17-12-6-1-2-7-13(12)23-18(25-17)15(20)21/h1-8,15H,9H2,(H,22,23,25). The number of rotatable bonds is 5. The molecule has 27 heavy (non-hydrogen) atoms. The van der Waals surface area contributed by atoms with E-state index in [0.29, 0.717) is 27.3 Å². The minimum absolute atomic E-state index is 0.122. The van der Waals surface area contributed by atoms with Crippen LogP contribution in [0.1, 0.15) is 18.1 Å². The number of aromatic nitrogens is 4. The van der Waals surface area contributed by atoms with E-state index in [0.717, 1.165) is 0 Å². The highest BCUT2D eigenvalue weighted by atomic mass is 35.5. The van der Waals surface area contributed by atoms with Crippen LogP contribution in [0.25, 0.3) is 22.3 Å². The van der Waals surface area contributed by atoms with Crippen molar-refractivity contribution in [3.05, 3.63) is 65.3 Å². The number of benzene rings is 2. The molecule has 4 rings (SSSR count). The fraction of sp³-hybridized carbons (Fsp3) is 0.111. The molecule has 0 saturated heterocycles. The van der Waals surface area contributed by atoms with Crippen molar-refractivity contribution >= 4 is 28.3 Å². The molecule has 0 fully saturated rings. The summed E-state index contributed by atoms with van der Waals surface area (Å²) >= 11 is 5.96. The van der Waals surface area contributed by atoms with Gasteiger partial charge < -0.3 is 9.84 Å². The summed E-state index contributed by atoms with van der Waals surface area (Å²) in [6.07, 6.45) is -2.77. The maximum Gasteiger partial charge on any atom is 0.297 e. The zero-order chi connectivity index (χ0) is 18.8. The van der Waals surface area contributed by atoms with Crippen LogP contribution in [0.15, 0.2) is 53.1 Å². The molecule has 0 unspecified atom stereocenters. The highest BCUT2D eigenvalue weighted by molar-refractivity contribution is 6.30. The van der Waals surface area contributed by atoms with Gasteiger partial charge >= 0.3 is 0 Å². The Morgan fingerprint density at radius 3 is 2.70 bits per heavy atom. The summed E-state index contributed by atoms with van der Waals surface area (Å²) in [5.74, 6) is 0.404. The second kappa shape index (κ2) is 7.24. The van der Waals surface area contributed by atoms with Gasteiger partial charge in [-0.25, -0.2) is 18.7 Å². The molecule has 2 aromatic heterocycles. The molecule has 0 bridgehead atoms. The smallest absolute Gasteiger partial charge is 0.297 e. The molecule has 0 aliphatic rings. The fourth-order valence-corrected chi connectivity index (χ4v) is 2.75. The molecule has 4 aromatic rings. The average Bonchev–Trinajstić information content (AvgIpc) is 3.15. The Kier molecular flexibility index (Phi) is 4.64. The minimum Gasteiger partial charge on any atom is -0.360 e. The van der Waals surface area contributed by atoms with Gasteiger partial charge in [-0.1, -0.05) is 41.0 Å². The molecule has 9 heteroatoms. The lowest BCUT2D eigenvalue weighted by Gasteiger charge is -2.09. The zero-order valence-corrected chi connectivity index (χ0v) is 14.5. The first kappa shape index (κ1) is 17.3. The van der Waals surface area contributed by atoms with Crippen LogP contribution in [0.5, 0.6) is 0 Å². The van der Waals surface area contributed by atoms with Gasteiger partial charge in [-0.2, -0.15) is 4.98 Å². The number of nitrogens with zero attached hydrogens (tertiary/aromatic N) is 4. The number of halogens is 3. The molecule has 0 atom stereocenters. The number of nitrogens with one attached hydrogen (secondary N) is 1. The first-order valence-corrected chi connectivity index (χ1v) is 8.35. The van der Waals surface area contributed by atoms with Crippen LogP contribution in [-0.2, 0) is 6.54 Å². The van der Waals surface area contributed by atoms with Crippen LogP contribution in [0.2, 0.25) is 5.02 Å². The van der Waals surface area contributed by atoms with Crippen molar-refractivity contribution in [3.63, 3.8) is 0 Å². The minimum atomic E-state index is -2.77. The van der Waals surface area contributed by atoms with Crippen LogP contribution in [0.3, 0.4) is 0 Å². The second-order valence-electron chi connectivity index (χ2n) is 5.62. The van der Waals surface area contributed by atoms with Crippen molar-refractivity contribution < 1.29 is 13.3 Å². The maximum absolute atomic E-state index is 13.1. The molecule has 0 spiro atoms. The number of hydrogen-bond donors (Lipinski definition) is 1.